The van der Waals surface area contributed by atoms with Crippen molar-refractivity contribution in [1.82, 2.24) is 10.6 Å². The highest BCUT2D eigenvalue weighted by molar-refractivity contribution is 5.92. The summed E-state index contributed by atoms with van der Waals surface area (Å²) in [6.07, 6.45) is 1.66. The van der Waals surface area contributed by atoms with Crippen molar-refractivity contribution in [2.75, 3.05) is 39.9 Å². The molecule has 2 aliphatic heterocycles. The van der Waals surface area contributed by atoms with Crippen molar-refractivity contribution >= 4 is 29.8 Å². The lowest BCUT2D eigenvalue weighted by Crippen LogP contribution is -2.60. The minimum atomic E-state index is -1.60. The number of fused-ring (bicyclic) bond motifs is 1. The molecule has 0 bridgehead atoms. The SMILES string of the molecule is CC=CC.COc1cc(C=CC(=O)NCCCCN=C(N)N)cc2c1OC(c1ccc(OC3OC(CO)C(O)C(O)C3O)cc1)C2C(=O)NCCCCN=C(N)N. The Balaban J connectivity index is 0.00000207. The first kappa shape index (κ1) is 46.0. The molecule has 2 aromatic rings. The largest absolute Gasteiger partial charge is 0.493 e. The van der Waals surface area contributed by atoms with Crippen LogP contribution in [0.1, 0.15) is 68.2 Å². The fraction of sp³-hybridized carbons (Fsp3) is 0.487. The molecule has 0 saturated carbocycles. The molecule has 1 fully saturated rings. The average molecular weight is 799 g/mol. The number of methoxy groups -OCH3 is 1. The molecule has 2 amide bonds. The number of unbranched alkanes of at least 4 members (excludes halogenated alkanes) is 2. The Labute approximate surface area is 332 Å². The van der Waals surface area contributed by atoms with E-state index in [0.29, 0.717) is 80.1 Å². The van der Waals surface area contributed by atoms with Gasteiger partial charge < -0.3 is 72.9 Å². The standard InChI is InChI=1S/C35H50N8O10.C4H8/c1-50-23-17-19(6-11-25(45)40-12-2-4-14-42-34(36)37)16-22-26(32(49)41-13-3-5-15-43-35(38)39)30(53-31(22)23)20-7-9-21(10-8-20)51-33-29(48)28(47)27(46)24(18-44)52-33;1-3-4-2/h6-11,16-17,24,26-30,33,44,46-48H,2-5,12-15,18H2,1H3,(H,40,45)(H,41,49)(H4,36,37,42)(H4,38,39,43);3-4H,1-2H3. The van der Waals surface area contributed by atoms with Crippen LogP contribution in [0, 0.1) is 0 Å². The van der Waals surface area contributed by atoms with E-state index in [1.54, 1.807) is 42.5 Å². The molecule has 2 aliphatic rings. The van der Waals surface area contributed by atoms with Gasteiger partial charge in [0.05, 0.1) is 13.7 Å². The number of aliphatic hydroxyl groups excluding tert-OH is 4. The Hall–Kier alpha value is -5.40. The molecule has 0 spiro atoms. The average Bonchev–Trinajstić information content (AvgIpc) is 3.59. The van der Waals surface area contributed by atoms with Gasteiger partial charge in [-0.1, -0.05) is 24.3 Å². The van der Waals surface area contributed by atoms with Gasteiger partial charge in [0.2, 0.25) is 18.1 Å². The highest BCUT2D eigenvalue weighted by Crippen LogP contribution is 2.51. The normalized spacial score (nSPS) is 22.4. The fourth-order valence-electron chi connectivity index (χ4n) is 5.84. The van der Waals surface area contributed by atoms with Crippen LogP contribution in [0.25, 0.3) is 6.08 Å². The summed E-state index contributed by atoms with van der Waals surface area (Å²) in [5.74, 6) is -0.446. The molecule has 18 heteroatoms. The van der Waals surface area contributed by atoms with Gasteiger partial charge in [0.1, 0.15) is 42.2 Å². The van der Waals surface area contributed by atoms with Gasteiger partial charge in [-0.25, -0.2) is 0 Å². The molecule has 0 aromatic heterocycles. The third kappa shape index (κ3) is 13.9. The minimum Gasteiger partial charge on any atom is -0.493 e. The van der Waals surface area contributed by atoms with Crippen LogP contribution in [0.4, 0.5) is 0 Å². The number of hydrogen-bond donors (Lipinski definition) is 10. The fourth-order valence-corrected chi connectivity index (χ4v) is 5.84. The lowest BCUT2D eigenvalue weighted by atomic mass is 9.89. The van der Waals surface area contributed by atoms with Gasteiger partial charge in [0.15, 0.2) is 23.4 Å². The smallest absolute Gasteiger partial charge is 0.243 e. The summed E-state index contributed by atoms with van der Waals surface area (Å²) in [4.78, 5) is 34.3. The molecule has 2 aromatic carbocycles. The highest BCUT2D eigenvalue weighted by atomic mass is 16.7. The molecule has 7 atom stereocenters. The first-order valence-corrected chi connectivity index (χ1v) is 18.7. The first-order chi connectivity index (χ1) is 27.3. The van der Waals surface area contributed by atoms with Crippen molar-refractivity contribution in [3.8, 4) is 17.2 Å². The van der Waals surface area contributed by atoms with Crippen molar-refractivity contribution < 1.29 is 49.0 Å². The second kappa shape index (κ2) is 23.6. The van der Waals surface area contributed by atoms with Crippen LogP contribution in [-0.4, -0.2) is 115 Å². The number of amides is 2. The molecular formula is C39H58N8O10. The van der Waals surface area contributed by atoms with E-state index in [4.69, 9.17) is 41.9 Å². The van der Waals surface area contributed by atoms with Crippen LogP contribution >= 0.6 is 0 Å². The zero-order valence-corrected chi connectivity index (χ0v) is 32.6. The summed E-state index contributed by atoms with van der Waals surface area (Å²) in [5, 5.41) is 45.9. The number of hydrogen-bond acceptors (Lipinski definition) is 12. The number of allylic oxidation sites excluding steroid dienone is 2. The van der Waals surface area contributed by atoms with Gasteiger partial charge in [0.25, 0.3) is 0 Å². The van der Waals surface area contributed by atoms with Crippen LogP contribution in [0.3, 0.4) is 0 Å². The van der Waals surface area contributed by atoms with Crippen molar-refractivity contribution in [3.05, 3.63) is 71.3 Å². The van der Waals surface area contributed by atoms with Gasteiger partial charge in [-0.05, 0) is 81.0 Å². The number of carbonyl (C=O) groups excluding carboxylic acids is 2. The van der Waals surface area contributed by atoms with Crippen LogP contribution in [0.15, 0.2) is 64.6 Å². The Morgan fingerprint density at radius 1 is 0.860 bits per heavy atom. The van der Waals surface area contributed by atoms with E-state index in [-0.39, 0.29) is 29.5 Å². The number of carbonyl (C=O) groups is 2. The van der Waals surface area contributed by atoms with Gasteiger partial charge in [-0.3, -0.25) is 19.6 Å². The summed E-state index contributed by atoms with van der Waals surface area (Å²) in [5.41, 5.74) is 23.2. The molecule has 0 radical (unpaired) electrons. The van der Waals surface area contributed by atoms with E-state index < -0.39 is 49.3 Å². The second-order valence-corrected chi connectivity index (χ2v) is 13.2. The van der Waals surface area contributed by atoms with Gasteiger partial charge in [0, 0.05) is 37.8 Å². The van der Waals surface area contributed by atoms with Gasteiger partial charge >= 0.3 is 0 Å². The Kier molecular flexibility index (Phi) is 19.1. The van der Waals surface area contributed by atoms with Crippen molar-refractivity contribution in [2.45, 2.75) is 82.3 Å². The van der Waals surface area contributed by atoms with E-state index in [2.05, 4.69) is 20.6 Å². The number of nitrogens with one attached hydrogen (secondary N) is 2. The molecule has 57 heavy (non-hydrogen) atoms. The van der Waals surface area contributed by atoms with E-state index in [0.717, 1.165) is 0 Å². The number of ether oxygens (including phenoxy) is 4. The van der Waals surface area contributed by atoms with Crippen LogP contribution in [-0.2, 0) is 14.3 Å². The molecule has 4 rings (SSSR count). The Morgan fingerprint density at radius 3 is 2.04 bits per heavy atom. The molecule has 314 valence electrons. The van der Waals surface area contributed by atoms with Gasteiger partial charge in [-0.15, -0.1) is 0 Å². The number of nitrogens with two attached hydrogens (primary N) is 4. The second-order valence-electron chi connectivity index (χ2n) is 13.2. The summed E-state index contributed by atoms with van der Waals surface area (Å²) >= 11 is 0. The van der Waals surface area contributed by atoms with Crippen molar-refractivity contribution in [2.24, 2.45) is 32.9 Å². The Morgan fingerprint density at radius 2 is 1.47 bits per heavy atom. The Bertz CT molecular complexity index is 1690. The van der Waals surface area contributed by atoms with Crippen LogP contribution in [0.2, 0.25) is 0 Å². The molecule has 7 unspecified atom stereocenters. The predicted octanol–water partition coefficient (Wildman–Crippen LogP) is 0.0264. The van der Waals surface area contributed by atoms with Crippen molar-refractivity contribution in [3.63, 3.8) is 0 Å². The van der Waals surface area contributed by atoms with Crippen LogP contribution < -0.4 is 47.8 Å². The number of aliphatic imine (C=N–C) groups is 2. The molecule has 2 heterocycles. The summed E-state index contributed by atoms with van der Waals surface area (Å²) in [6, 6.07) is 9.99. The highest BCUT2D eigenvalue weighted by Gasteiger charge is 2.45. The van der Waals surface area contributed by atoms with E-state index in [1.807, 2.05) is 26.0 Å². The van der Waals surface area contributed by atoms with Gasteiger partial charge in [-0.2, -0.15) is 0 Å². The summed E-state index contributed by atoms with van der Waals surface area (Å²) in [6.45, 7) is 5.09. The topological polar surface area (TPSA) is 305 Å². The number of nitrogens with zero attached hydrogens (tertiary/aromatic N) is 2. The van der Waals surface area contributed by atoms with E-state index >= 15 is 0 Å². The monoisotopic (exact) mass is 798 g/mol. The summed E-state index contributed by atoms with van der Waals surface area (Å²) in [7, 11) is 1.48. The van der Waals surface area contributed by atoms with Crippen LogP contribution in [0.5, 0.6) is 17.2 Å². The zero-order chi connectivity index (χ0) is 41.9. The predicted molar refractivity (Wildman–Crippen MR) is 215 cm³/mol. The quantitative estimate of drug-likeness (QED) is 0.0313. The number of benzene rings is 2. The lowest BCUT2D eigenvalue weighted by Gasteiger charge is -2.39. The van der Waals surface area contributed by atoms with E-state index in [9.17, 15) is 30.0 Å². The molecular weight excluding hydrogens is 740 g/mol. The maximum Gasteiger partial charge on any atom is 0.243 e. The lowest BCUT2D eigenvalue weighted by molar-refractivity contribution is -0.277. The van der Waals surface area contributed by atoms with Crippen molar-refractivity contribution in [1.29, 1.82) is 0 Å². The number of rotatable bonds is 18. The number of guanidine groups is 2. The molecule has 1 saturated heterocycles. The summed E-state index contributed by atoms with van der Waals surface area (Å²) < 4.78 is 23.3. The molecule has 18 nitrogen and oxygen atoms in total. The maximum atomic E-state index is 13.9. The number of aliphatic hydroxyl groups is 4. The zero-order valence-electron chi connectivity index (χ0n) is 32.6. The molecule has 0 aliphatic carbocycles. The first-order valence-electron chi connectivity index (χ1n) is 18.7. The maximum absolute atomic E-state index is 13.9. The van der Waals surface area contributed by atoms with E-state index in [1.165, 1.54) is 13.2 Å². The third-order valence-electron chi connectivity index (χ3n) is 8.92. The minimum absolute atomic E-state index is 0.00278. The molecule has 14 N–H and O–H groups in total. The third-order valence-corrected chi connectivity index (χ3v) is 8.92.